The zero-order valence-corrected chi connectivity index (χ0v) is 9.77. The van der Waals surface area contributed by atoms with Crippen LogP contribution >= 0.6 is 0 Å². The quantitative estimate of drug-likeness (QED) is 0.562. The predicted octanol–water partition coefficient (Wildman–Crippen LogP) is 0.466. The maximum Gasteiger partial charge on any atom is 0.320 e. The molecule has 0 amide bonds. The summed E-state index contributed by atoms with van der Waals surface area (Å²) in [7, 11) is 2.57. The van der Waals surface area contributed by atoms with Crippen LogP contribution in [0.5, 0.6) is 0 Å². The van der Waals surface area contributed by atoms with Crippen molar-refractivity contribution < 1.29 is 19.1 Å². The first-order valence-corrected chi connectivity index (χ1v) is 5.51. The van der Waals surface area contributed by atoms with Gasteiger partial charge in [0.05, 0.1) is 14.2 Å². The fourth-order valence-electron chi connectivity index (χ4n) is 2.21. The van der Waals surface area contributed by atoms with Crippen molar-refractivity contribution in [1.82, 2.24) is 0 Å². The fraction of sp³-hybridized carbons (Fsp3) is 0.818. The Morgan fingerprint density at radius 3 is 1.88 bits per heavy atom. The van der Waals surface area contributed by atoms with E-state index in [4.69, 9.17) is 5.73 Å². The lowest BCUT2D eigenvalue weighted by atomic mass is 9.78. The Hall–Kier alpha value is -1.10. The molecule has 1 aliphatic carbocycles. The maximum atomic E-state index is 11.5. The molecule has 0 aromatic heterocycles. The highest BCUT2D eigenvalue weighted by Crippen LogP contribution is 2.31. The number of hydrogen-bond donors (Lipinski definition) is 1. The molecule has 0 aromatic rings. The minimum absolute atomic E-state index is 0.000278. The number of methoxy groups -OCH3 is 2. The molecule has 0 unspecified atom stereocenters. The Morgan fingerprint density at radius 1 is 1.06 bits per heavy atom. The third-order valence-electron chi connectivity index (χ3n) is 3.20. The van der Waals surface area contributed by atoms with Crippen molar-refractivity contribution >= 4 is 11.9 Å². The average Bonchev–Trinajstić information content (AvgIpc) is 2.31. The molecule has 1 rings (SSSR count). The van der Waals surface area contributed by atoms with E-state index in [9.17, 15) is 9.59 Å². The number of esters is 2. The molecule has 5 nitrogen and oxygen atoms in total. The summed E-state index contributed by atoms with van der Waals surface area (Å²) in [5.41, 5.74) is 5.78. The highest BCUT2D eigenvalue weighted by Gasteiger charge is 2.38. The first-order valence-electron chi connectivity index (χ1n) is 5.51. The molecule has 16 heavy (non-hydrogen) atoms. The van der Waals surface area contributed by atoms with E-state index in [-0.39, 0.29) is 12.0 Å². The van der Waals surface area contributed by atoms with E-state index in [2.05, 4.69) is 9.47 Å². The molecule has 1 fully saturated rings. The zero-order chi connectivity index (χ0) is 12.1. The summed E-state index contributed by atoms with van der Waals surface area (Å²) in [6, 6.07) is 0.187. The molecule has 2 N–H and O–H groups in total. The highest BCUT2D eigenvalue weighted by molar-refractivity contribution is 5.95. The second kappa shape index (κ2) is 5.84. The number of hydrogen-bond acceptors (Lipinski definition) is 5. The van der Waals surface area contributed by atoms with Gasteiger partial charge in [0.25, 0.3) is 0 Å². The van der Waals surface area contributed by atoms with Gasteiger partial charge in [0.15, 0.2) is 5.92 Å². The number of ether oxygens (including phenoxy) is 2. The van der Waals surface area contributed by atoms with Gasteiger partial charge in [-0.1, -0.05) is 0 Å². The van der Waals surface area contributed by atoms with Crippen molar-refractivity contribution in [1.29, 1.82) is 0 Å². The van der Waals surface area contributed by atoms with Gasteiger partial charge in [0, 0.05) is 6.04 Å². The van der Waals surface area contributed by atoms with Gasteiger partial charge in [-0.25, -0.2) is 0 Å². The van der Waals surface area contributed by atoms with Gasteiger partial charge in [-0.3, -0.25) is 9.59 Å². The van der Waals surface area contributed by atoms with Crippen LogP contribution in [0.1, 0.15) is 25.7 Å². The van der Waals surface area contributed by atoms with E-state index < -0.39 is 17.9 Å². The van der Waals surface area contributed by atoms with E-state index in [0.29, 0.717) is 0 Å². The lowest BCUT2D eigenvalue weighted by molar-refractivity contribution is -0.162. The minimum atomic E-state index is -0.789. The second-order valence-corrected chi connectivity index (χ2v) is 4.20. The molecule has 0 spiro atoms. The lowest BCUT2D eigenvalue weighted by Gasteiger charge is -2.29. The zero-order valence-electron chi connectivity index (χ0n) is 9.77. The standard InChI is InChI=1S/C11H19NO4/c1-15-10(13)9(11(14)16-2)7-3-5-8(12)6-4-7/h7-9H,3-6,12H2,1-2H3. The van der Waals surface area contributed by atoms with Gasteiger partial charge in [0.1, 0.15) is 0 Å². The Labute approximate surface area is 95.3 Å². The summed E-state index contributed by atoms with van der Waals surface area (Å²) in [5, 5.41) is 0. The van der Waals surface area contributed by atoms with Crippen molar-refractivity contribution in [3.8, 4) is 0 Å². The summed E-state index contributed by atoms with van der Waals surface area (Å²) >= 11 is 0. The molecule has 92 valence electrons. The molecule has 0 heterocycles. The van der Waals surface area contributed by atoms with Gasteiger partial charge < -0.3 is 15.2 Å². The van der Waals surface area contributed by atoms with Crippen LogP contribution in [0.25, 0.3) is 0 Å². The van der Waals surface area contributed by atoms with Gasteiger partial charge in [-0.2, -0.15) is 0 Å². The van der Waals surface area contributed by atoms with Crippen LogP contribution in [-0.2, 0) is 19.1 Å². The molecule has 5 heteroatoms. The van der Waals surface area contributed by atoms with Crippen LogP contribution in [0.4, 0.5) is 0 Å². The lowest BCUT2D eigenvalue weighted by Crippen LogP contribution is -2.37. The van der Waals surface area contributed by atoms with Gasteiger partial charge in [-0.05, 0) is 31.6 Å². The number of nitrogens with two attached hydrogens (primary N) is 1. The minimum Gasteiger partial charge on any atom is -0.468 e. The van der Waals surface area contributed by atoms with Gasteiger partial charge >= 0.3 is 11.9 Å². The Balaban J connectivity index is 2.69. The van der Waals surface area contributed by atoms with Gasteiger partial charge in [-0.15, -0.1) is 0 Å². The SMILES string of the molecule is COC(=O)C(C(=O)OC)C1CCC(N)CC1. The largest absolute Gasteiger partial charge is 0.468 e. The second-order valence-electron chi connectivity index (χ2n) is 4.20. The number of carbonyl (C=O) groups excluding carboxylic acids is 2. The monoisotopic (exact) mass is 229 g/mol. The van der Waals surface area contributed by atoms with Crippen LogP contribution in [0.15, 0.2) is 0 Å². The first kappa shape index (κ1) is 13.0. The Morgan fingerprint density at radius 2 is 1.50 bits per heavy atom. The number of carbonyl (C=O) groups is 2. The van der Waals surface area contributed by atoms with Crippen molar-refractivity contribution in [3.05, 3.63) is 0 Å². The maximum absolute atomic E-state index is 11.5. The smallest absolute Gasteiger partial charge is 0.320 e. The molecule has 0 bridgehead atoms. The molecule has 1 saturated carbocycles. The summed E-state index contributed by atoms with van der Waals surface area (Å²) in [6.07, 6.45) is 3.23. The molecular weight excluding hydrogens is 210 g/mol. The highest BCUT2D eigenvalue weighted by atomic mass is 16.5. The van der Waals surface area contributed by atoms with Crippen LogP contribution in [0.2, 0.25) is 0 Å². The summed E-state index contributed by atoms with van der Waals surface area (Å²) in [5.74, 6) is -1.80. The summed E-state index contributed by atoms with van der Waals surface area (Å²) in [6.45, 7) is 0. The fourth-order valence-corrected chi connectivity index (χ4v) is 2.21. The first-order chi connectivity index (χ1) is 7.60. The average molecular weight is 229 g/mol. The van der Waals surface area contributed by atoms with Crippen molar-refractivity contribution in [3.63, 3.8) is 0 Å². The van der Waals surface area contributed by atoms with E-state index in [1.807, 2.05) is 0 Å². The topological polar surface area (TPSA) is 78.6 Å². The third-order valence-corrected chi connectivity index (χ3v) is 3.20. The predicted molar refractivity (Wildman–Crippen MR) is 57.5 cm³/mol. The Bertz CT molecular complexity index is 243. The molecular formula is C11H19NO4. The summed E-state index contributed by atoms with van der Waals surface area (Å²) in [4.78, 5) is 23.1. The molecule has 0 radical (unpaired) electrons. The van der Waals surface area contributed by atoms with Crippen LogP contribution in [0.3, 0.4) is 0 Å². The molecule has 1 aliphatic rings. The van der Waals surface area contributed by atoms with E-state index in [1.54, 1.807) is 0 Å². The van der Waals surface area contributed by atoms with Crippen LogP contribution < -0.4 is 5.73 Å². The summed E-state index contributed by atoms with van der Waals surface area (Å²) < 4.78 is 9.29. The van der Waals surface area contributed by atoms with Crippen molar-refractivity contribution in [2.24, 2.45) is 17.6 Å². The van der Waals surface area contributed by atoms with E-state index in [0.717, 1.165) is 25.7 Å². The van der Waals surface area contributed by atoms with Crippen molar-refractivity contribution in [2.75, 3.05) is 14.2 Å². The molecule has 0 atom stereocenters. The van der Waals surface area contributed by atoms with E-state index >= 15 is 0 Å². The molecule has 0 saturated heterocycles. The Kier molecular flexibility index (Phi) is 4.73. The molecule has 0 aliphatic heterocycles. The number of rotatable bonds is 3. The van der Waals surface area contributed by atoms with Gasteiger partial charge in [0.2, 0.25) is 0 Å². The third kappa shape index (κ3) is 2.95. The normalized spacial score (nSPS) is 25.2. The van der Waals surface area contributed by atoms with E-state index in [1.165, 1.54) is 14.2 Å². The van der Waals surface area contributed by atoms with Crippen molar-refractivity contribution in [2.45, 2.75) is 31.7 Å². The van der Waals surface area contributed by atoms with Crippen LogP contribution in [0, 0.1) is 11.8 Å². The molecule has 0 aromatic carbocycles. The van der Waals surface area contributed by atoms with Crippen LogP contribution in [-0.4, -0.2) is 32.2 Å².